The van der Waals surface area contributed by atoms with Gasteiger partial charge >= 0.3 is 0 Å². The first-order valence-electron chi connectivity index (χ1n) is 5.70. The quantitative estimate of drug-likeness (QED) is 0.820. The fourth-order valence-corrected chi connectivity index (χ4v) is 1.95. The summed E-state index contributed by atoms with van der Waals surface area (Å²) in [5, 5.41) is 8.84. The standard InChI is InChI=1S/C12H18N2O2/c1-10-2-3-11(8-13-10)16-12-4-5-14(9-12)6-7-15/h2-3,8,12,15H,4-7,9H2,1H3/t12-/m1/s1. The van der Waals surface area contributed by atoms with Crippen LogP contribution in [0.4, 0.5) is 0 Å². The third-order valence-electron chi connectivity index (χ3n) is 2.83. The van der Waals surface area contributed by atoms with Crippen LogP contribution in [0.25, 0.3) is 0 Å². The van der Waals surface area contributed by atoms with E-state index in [4.69, 9.17) is 9.84 Å². The summed E-state index contributed by atoms with van der Waals surface area (Å²) in [7, 11) is 0. The molecule has 0 unspecified atom stereocenters. The fourth-order valence-electron chi connectivity index (χ4n) is 1.95. The number of pyridine rings is 1. The minimum absolute atomic E-state index is 0.221. The van der Waals surface area contributed by atoms with Gasteiger partial charge in [-0.05, 0) is 25.5 Å². The summed E-state index contributed by atoms with van der Waals surface area (Å²) < 4.78 is 5.82. The Morgan fingerprint density at radius 1 is 1.56 bits per heavy atom. The molecule has 0 aliphatic carbocycles. The summed E-state index contributed by atoms with van der Waals surface area (Å²) in [5.74, 6) is 0.835. The summed E-state index contributed by atoms with van der Waals surface area (Å²) in [6.07, 6.45) is 3.02. The Kier molecular flexibility index (Phi) is 3.74. The Morgan fingerprint density at radius 3 is 3.12 bits per heavy atom. The first-order valence-corrected chi connectivity index (χ1v) is 5.70. The van der Waals surface area contributed by atoms with Crippen LogP contribution in [0.3, 0.4) is 0 Å². The number of β-amino-alcohol motifs (C(OH)–C–C–N with tert-alkyl or cyclic N) is 1. The molecule has 1 aromatic rings. The fraction of sp³-hybridized carbons (Fsp3) is 0.583. The number of aliphatic hydroxyl groups excluding tert-OH is 1. The van der Waals surface area contributed by atoms with E-state index in [2.05, 4.69) is 9.88 Å². The van der Waals surface area contributed by atoms with Gasteiger partial charge in [0, 0.05) is 25.3 Å². The molecule has 1 aliphatic heterocycles. The highest BCUT2D eigenvalue weighted by Gasteiger charge is 2.23. The van der Waals surface area contributed by atoms with Crippen molar-refractivity contribution in [2.75, 3.05) is 26.2 Å². The molecule has 1 saturated heterocycles. The van der Waals surface area contributed by atoms with E-state index in [1.165, 1.54) is 0 Å². The zero-order valence-corrected chi connectivity index (χ0v) is 9.59. The maximum atomic E-state index is 8.84. The van der Waals surface area contributed by atoms with Crippen molar-refractivity contribution in [3.63, 3.8) is 0 Å². The van der Waals surface area contributed by atoms with E-state index < -0.39 is 0 Å². The van der Waals surface area contributed by atoms with Crippen molar-refractivity contribution in [1.29, 1.82) is 0 Å². The molecule has 1 aliphatic rings. The first-order chi connectivity index (χ1) is 7.78. The van der Waals surface area contributed by atoms with Crippen LogP contribution in [0.1, 0.15) is 12.1 Å². The molecule has 0 bridgehead atoms. The Hall–Kier alpha value is -1.13. The Bertz CT molecular complexity index is 326. The van der Waals surface area contributed by atoms with Gasteiger partial charge in [-0.1, -0.05) is 0 Å². The van der Waals surface area contributed by atoms with E-state index in [1.54, 1.807) is 6.20 Å². The number of aryl methyl sites for hydroxylation is 1. The van der Waals surface area contributed by atoms with Crippen LogP contribution in [0.5, 0.6) is 5.75 Å². The van der Waals surface area contributed by atoms with E-state index in [0.717, 1.165) is 37.5 Å². The Labute approximate surface area is 95.9 Å². The molecule has 0 radical (unpaired) electrons. The van der Waals surface area contributed by atoms with Gasteiger partial charge in [-0.25, -0.2) is 0 Å². The molecule has 1 N–H and O–H groups in total. The second-order valence-electron chi connectivity index (χ2n) is 4.19. The van der Waals surface area contributed by atoms with E-state index in [-0.39, 0.29) is 12.7 Å². The van der Waals surface area contributed by atoms with Crippen molar-refractivity contribution in [3.8, 4) is 5.75 Å². The van der Waals surface area contributed by atoms with Crippen molar-refractivity contribution in [2.24, 2.45) is 0 Å². The lowest BCUT2D eigenvalue weighted by Gasteiger charge is -2.15. The number of hydrogen-bond acceptors (Lipinski definition) is 4. The molecule has 0 spiro atoms. The van der Waals surface area contributed by atoms with Gasteiger partial charge in [0.15, 0.2) is 0 Å². The van der Waals surface area contributed by atoms with Crippen molar-refractivity contribution in [3.05, 3.63) is 24.0 Å². The lowest BCUT2D eigenvalue weighted by molar-refractivity contribution is 0.180. The number of hydrogen-bond donors (Lipinski definition) is 1. The molecule has 0 amide bonds. The van der Waals surface area contributed by atoms with Gasteiger partial charge in [0.2, 0.25) is 0 Å². The van der Waals surface area contributed by atoms with Crippen LogP contribution in [0.15, 0.2) is 18.3 Å². The van der Waals surface area contributed by atoms with Crippen LogP contribution < -0.4 is 4.74 Å². The van der Waals surface area contributed by atoms with E-state index in [0.29, 0.717) is 0 Å². The molecule has 16 heavy (non-hydrogen) atoms. The largest absolute Gasteiger partial charge is 0.487 e. The van der Waals surface area contributed by atoms with Gasteiger partial charge in [0.25, 0.3) is 0 Å². The number of nitrogens with zero attached hydrogens (tertiary/aromatic N) is 2. The molecule has 2 heterocycles. The third kappa shape index (κ3) is 2.93. The van der Waals surface area contributed by atoms with Crippen molar-refractivity contribution in [1.82, 2.24) is 9.88 Å². The number of rotatable bonds is 4. The van der Waals surface area contributed by atoms with E-state index in [9.17, 15) is 0 Å². The number of aromatic nitrogens is 1. The highest BCUT2D eigenvalue weighted by molar-refractivity contribution is 5.19. The molecule has 0 saturated carbocycles. The Morgan fingerprint density at radius 2 is 2.44 bits per heavy atom. The second-order valence-corrected chi connectivity index (χ2v) is 4.19. The lowest BCUT2D eigenvalue weighted by Crippen LogP contribution is -2.27. The molecule has 1 aromatic heterocycles. The summed E-state index contributed by atoms with van der Waals surface area (Å²) in [5.41, 5.74) is 1.00. The highest BCUT2D eigenvalue weighted by atomic mass is 16.5. The van der Waals surface area contributed by atoms with Crippen LogP contribution in [-0.4, -0.2) is 47.3 Å². The van der Waals surface area contributed by atoms with Crippen LogP contribution in [-0.2, 0) is 0 Å². The second kappa shape index (κ2) is 5.27. The van der Waals surface area contributed by atoms with E-state index >= 15 is 0 Å². The molecular formula is C12H18N2O2. The van der Waals surface area contributed by atoms with Crippen LogP contribution >= 0.6 is 0 Å². The van der Waals surface area contributed by atoms with Gasteiger partial charge in [0.1, 0.15) is 11.9 Å². The molecule has 4 heteroatoms. The number of likely N-dealkylation sites (tertiary alicyclic amines) is 1. The Balaban J connectivity index is 1.84. The van der Waals surface area contributed by atoms with Gasteiger partial charge in [-0.15, -0.1) is 0 Å². The summed E-state index contributed by atoms with van der Waals surface area (Å²) in [6.45, 7) is 4.83. The van der Waals surface area contributed by atoms with Crippen LogP contribution in [0, 0.1) is 6.92 Å². The number of ether oxygens (including phenoxy) is 1. The van der Waals surface area contributed by atoms with Crippen molar-refractivity contribution >= 4 is 0 Å². The van der Waals surface area contributed by atoms with Gasteiger partial charge < -0.3 is 9.84 Å². The van der Waals surface area contributed by atoms with Gasteiger partial charge in [0.05, 0.1) is 12.8 Å². The zero-order valence-electron chi connectivity index (χ0n) is 9.59. The average molecular weight is 222 g/mol. The molecular weight excluding hydrogens is 204 g/mol. The normalized spacial score (nSPS) is 21.2. The monoisotopic (exact) mass is 222 g/mol. The topological polar surface area (TPSA) is 45.6 Å². The maximum absolute atomic E-state index is 8.84. The SMILES string of the molecule is Cc1ccc(O[C@@H]2CCN(CCO)C2)cn1. The first kappa shape index (κ1) is 11.4. The van der Waals surface area contributed by atoms with Gasteiger partial charge in [-0.2, -0.15) is 0 Å². The van der Waals surface area contributed by atoms with Crippen molar-refractivity contribution < 1.29 is 9.84 Å². The minimum Gasteiger partial charge on any atom is -0.487 e. The number of aliphatic hydroxyl groups is 1. The van der Waals surface area contributed by atoms with Crippen LogP contribution in [0.2, 0.25) is 0 Å². The molecule has 1 fully saturated rings. The highest BCUT2D eigenvalue weighted by Crippen LogP contribution is 2.17. The molecule has 88 valence electrons. The summed E-state index contributed by atoms with van der Waals surface area (Å²) in [6, 6.07) is 3.91. The lowest BCUT2D eigenvalue weighted by atomic mass is 10.3. The van der Waals surface area contributed by atoms with Gasteiger partial charge in [-0.3, -0.25) is 9.88 Å². The maximum Gasteiger partial charge on any atom is 0.138 e. The minimum atomic E-state index is 0.221. The molecule has 1 atom stereocenters. The predicted molar refractivity (Wildman–Crippen MR) is 61.5 cm³/mol. The molecule has 0 aromatic carbocycles. The average Bonchev–Trinajstić information content (AvgIpc) is 2.70. The molecule has 4 nitrogen and oxygen atoms in total. The molecule has 2 rings (SSSR count). The smallest absolute Gasteiger partial charge is 0.138 e. The van der Waals surface area contributed by atoms with E-state index in [1.807, 2.05) is 19.1 Å². The summed E-state index contributed by atoms with van der Waals surface area (Å²) in [4.78, 5) is 6.41. The summed E-state index contributed by atoms with van der Waals surface area (Å²) >= 11 is 0. The zero-order chi connectivity index (χ0) is 11.4. The predicted octanol–water partition coefficient (Wildman–Crippen LogP) is 0.835. The third-order valence-corrected chi connectivity index (χ3v) is 2.83. The van der Waals surface area contributed by atoms with Crippen molar-refractivity contribution in [2.45, 2.75) is 19.4 Å².